The standard InChI is InChI=1S/C20H20O3/c1-11-6-5-7-15(8-11)17-10-16(22)20-13(3)19(14(4)21)12(2)9-18(20)23-17/h5-9,17H,10H2,1-4H3. The molecular formula is C20H20O3. The van der Waals surface area contributed by atoms with Crippen LogP contribution in [0.15, 0.2) is 30.3 Å². The highest BCUT2D eigenvalue weighted by Gasteiger charge is 2.31. The molecular weight excluding hydrogens is 288 g/mol. The van der Waals surface area contributed by atoms with Crippen LogP contribution in [0.5, 0.6) is 5.75 Å². The van der Waals surface area contributed by atoms with Gasteiger partial charge < -0.3 is 4.74 Å². The summed E-state index contributed by atoms with van der Waals surface area (Å²) in [6, 6.07) is 9.85. The van der Waals surface area contributed by atoms with Crippen LogP contribution in [0.3, 0.4) is 0 Å². The Kier molecular flexibility index (Phi) is 3.80. The molecule has 1 heterocycles. The monoisotopic (exact) mass is 308 g/mol. The van der Waals surface area contributed by atoms with Crippen molar-refractivity contribution in [3.8, 4) is 5.75 Å². The van der Waals surface area contributed by atoms with Crippen molar-refractivity contribution in [1.29, 1.82) is 0 Å². The number of ether oxygens (including phenoxy) is 1. The van der Waals surface area contributed by atoms with E-state index in [-0.39, 0.29) is 17.7 Å². The van der Waals surface area contributed by atoms with Crippen LogP contribution in [0.1, 0.15) is 62.4 Å². The summed E-state index contributed by atoms with van der Waals surface area (Å²) in [6.45, 7) is 7.27. The van der Waals surface area contributed by atoms with Gasteiger partial charge in [-0.25, -0.2) is 0 Å². The number of carbonyl (C=O) groups is 2. The average molecular weight is 308 g/mol. The third-order valence-corrected chi connectivity index (χ3v) is 4.42. The highest BCUT2D eigenvalue weighted by atomic mass is 16.5. The van der Waals surface area contributed by atoms with E-state index in [0.29, 0.717) is 23.3 Å². The number of rotatable bonds is 2. The van der Waals surface area contributed by atoms with Crippen molar-refractivity contribution in [2.75, 3.05) is 0 Å². The first kappa shape index (κ1) is 15.5. The van der Waals surface area contributed by atoms with Gasteiger partial charge in [0.25, 0.3) is 0 Å². The van der Waals surface area contributed by atoms with Gasteiger partial charge in [0.2, 0.25) is 0 Å². The zero-order valence-corrected chi connectivity index (χ0v) is 13.9. The van der Waals surface area contributed by atoms with Crippen LogP contribution < -0.4 is 4.74 Å². The smallest absolute Gasteiger partial charge is 0.170 e. The molecule has 0 aromatic heterocycles. The number of Topliss-reactive ketones (excluding diaryl/α,β-unsaturated/α-hetero) is 2. The van der Waals surface area contributed by atoms with E-state index >= 15 is 0 Å². The third kappa shape index (κ3) is 2.67. The summed E-state index contributed by atoms with van der Waals surface area (Å²) in [6.07, 6.45) is 0.0365. The second-order valence-electron chi connectivity index (χ2n) is 6.27. The molecule has 0 spiro atoms. The Morgan fingerprint density at radius 1 is 1.17 bits per heavy atom. The molecule has 3 rings (SSSR count). The van der Waals surface area contributed by atoms with Crippen LogP contribution in [0, 0.1) is 20.8 Å². The van der Waals surface area contributed by atoms with E-state index in [4.69, 9.17) is 4.74 Å². The first-order chi connectivity index (χ1) is 10.9. The van der Waals surface area contributed by atoms with Gasteiger partial charge in [0.1, 0.15) is 11.9 Å². The Labute approximate surface area is 136 Å². The number of hydrogen-bond acceptors (Lipinski definition) is 3. The van der Waals surface area contributed by atoms with Crippen LogP contribution in [0.25, 0.3) is 0 Å². The van der Waals surface area contributed by atoms with Gasteiger partial charge in [-0.05, 0) is 50.5 Å². The molecule has 1 aliphatic rings. The van der Waals surface area contributed by atoms with Crippen LogP contribution in [0.4, 0.5) is 0 Å². The highest BCUT2D eigenvalue weighted by molar-refractivity contribution is 6.06. The Morgan fingerprint density at radius 3 is 2.57 bits per heavy atom. The van der Waals surface area contributed by atoms with Crippen molar-refractivity contribution < 1.29 is 14.3 Å². The molecule has 3 nitrogen and oxygen atoms in total. The van der Waals surface area contributed by atoms with E-state index < -0.39 is 0 Å². The molecule has 23 heavy (non-hydrogen) atoms. The molecule has 0 N–H and O–H groups in total. The van der Waals surface area contributed by atoms with E-state index in [1.54, 1.807) is 0 Å². The van der Waals surface area contributed by atoms with Crippen molar-refractivity contribution in [2.45, 2.75) is 40.2 Å². The van der Waals surface area contributed by atoms with Gasteiger partial charge in [0.15, 0.2) is 11.6 Å². The number of fused-ring (bicyclic) bond motifs is 1. The SMILES string of the molecule is CC(=O)c1c(C)cc2c(c1C)C(=O)CC(c1cccc(C)c1)O2. The lowest BCUT2D eigenvalue weighted by atomic mass is 9.88. The lowest BCUT2D eigenvalue weighted by molar-refractivity contribution is 0.0848. The number of ketones is 2. The molecule has 118 valence electrons. The molecule has 0 saturated heterocycles. The molecule has 1 atom stereocenters. The molecule has 1 aliphatic heterocycles. The van der Waals surface area contributed by atoms with E-state index in [9.17, 15) is 9.59 Å². The molecule has 0 fully saturated rings. The number of hydrogen-bond donors (Lipinski definition) is 0. The molecule has 0 saturated carbocycles. The Bertz CT molecular complexity index is 818. The van der Waals surface area contributed by atoms with Crippen molar-refractivity contribution in [3.63, 3.8) is 0 Å². The highest BCUT2D eigenvalue weighted by Crippen LogP contribution is 2.39. The maximum absolute atomic E-state index is 12.7. The molecule has 0 aliphatic carbocycles. The fraction of sp³-hybridized carbons (Fsp3) is 0.300. The lowest BCUT2D eigenvalue weighted by Gasteiger charge is -2.28. The van der Waals surface area contributed by atoms with Gasteiger partial charge in [-0.15, -0.1) is 0 Å². The van der Waals surface area contributed by atoms with Crippen LogP contribution >= 0.6 is 0 Å². The summed E-state index contributed by atoms with van der Waals surface area (Å²) in [5.41, 5.74) is 4.93. The number of benzene rings is 2. The molecule has 1 unspecified atom stereocenters. The molecule has 0 radical (unpaired) electrons. The first-order valence-electron chi connectivity index (χ1n) is 7.80. The minimum absolute atomic E-state index is 0.0172. The minimum Gasteiger partial charge on any atom is -0.484 e. The lowest BCUT2D eigenvalue weighted by Crippen LogP contribution is -2.22. The summed E-state index contributed by atoms with van der Waals surface area (Å²) in [7, 11) is 0. The predicted molar refractivity (Wildman–Crippen MR) is 89.4 cm³/mol. The summed E-state index contributed by atoms with van der Waals surface area (Å²) in [5, 5.41) is 0. The van der Waals surface area contributed by atoms with Gasteiger partial charge in [-0.3, -0.25) is 9.59 Å². The van der Waals surface area contributed by atoms with Crippen LogP contribution in [0.2, 0.25) is 0 Å². The molecule has 2 aromatic rings. The zero-order chi connectivity index (χ0) is 16.7. The Morgan fingerprint density at radius 2 is 1.91 bits per heavy atom. The van der Waals surface area contributed by atoms with Gasteiger partial charge in [-0.2, -0.15) is 0 Å². The van der Waals surface area contributed by atoms with Crippen molar-refractivity contribution in [3.05, 3.63) is 63.7 Å². The number of aryl methyl sites for hydroxylation is 2. The van der Waals surface area contributed by atoms with Crippen molar-refractivity contribution in [2.24, 2.45) is 0 Å². The van der Waals surface area contributed by atoms with Gasteiger partial charge in [0.05, 0.1) is 12.0 Å². The van der Waals surface area contributed by atoms with Gasteiger partial charge >= 0.3 is 0 Å². The normalized spacial score (nSPS) is 16.7. The third-order valence-electron chi connectivity index (χ3n) is 4.42. The zero-order valence-electron chi connectivity index (χ0n) is 13.9. The van der Waals surface area contributed by atoms with E-state index in [0.717, 1.165) is 22.3 Å². The summed E-state index contributed by atoms with van der Waals surface area (Å²) >= 11 is 0. The van der Waals surface area contributed by atoms with Crippen molar-refractivity contribution in [1.82, 2.24) is 0 Å². The minimum atomic E-state index is -0.267. The topological polar surface area (TPSA) is 43.4 Å². The average Bonchev–Trinajstić information content (AvgIpc) is 2.45. The summed E-state index contributed by atoms with van der Waals surface area (Å²) < 4.78 is 6.11. The van der Waals surface area contributed by atoms with E-state index in [1.807, 2.05) is 51.1 Å². The molecule has 3 heteroatoms. The molecule has 0 amide bonds. The van der Waals surface area contributed by atoms with Gasteiger partial charge in [0, 0.05) is 5.56 Å². The fourth-order valence-electron chi connectivity index (χ4n) is 3.45. The second kappa shape index (κ2) is 5.65. The Hall–Kier alpha value is -2.42. The Balaban J connectivity index is 2.08. The summed E-state index contributed by atoms with van der Waals surface area (Å²) in [4.78, 5) is 24.5. The largest absolute Gasteiger partial charge is 0.484 e. The fourth-order valence-corrected chi connectivity index (χ4v) is 3.45. The molecule has 0 bridgehead atoms. The second-order valence-corrected chi connectivity index (χ2v) is 6.27. The van der Waals surface area contributed by atoms with Gasteiger partial charge in [-0.1, -0.05) is 29.8 Å². The van der Waals surface area contributed by atoms with Crippen LogP contribution in [-0.4, -0.2) is 11.6 Å². The maximum atomic E-state index is 12.7. The predicted octanol–water partition coefficient (Wildman–Crippen LogP) is 4.52. The quantitative estimate of drug-likeness (QED) is 0.766. The van der Waals surface area contributed by atoms with Crippen LogP contribution in [-0.2, 0) is 0 Å². The first-order valence-corrected chi connectivity index (χ1v) is 7.80. The molecule has 2 aromatic carbocycles. The maximum Gasteiger partial charge on any atom is 0.170 e. The van der Waals surface area contributed by atoms with Crippen molar-refractivity contribution >= 4 is 11.6 Å². The summed E-state index contributed by atoms with van der Waals surface area (Å²) in [5.74, 6) is 0.613. The number of carbonyl (C=O) groups excluding carboxylic acids is 2. The van der Waals surface area contributed by atoms with E-state index in [1.165, 1.54) is 6.92 Å². The van der Waals surface area contributed by atoms with E-state index in [2.05, 4.69) is 0 Å².